The van der Waals surface area contributed by atoms with Gasteiger partial charge in [-0.3, -0.25) is 9.59 Å². The fourth-order valence-corrected chi connectivity index (χ4v) is 5.07. The number of rotatable bonds is 6. The smallest absolute Gasteiger partial charge is 0.267 e. The number of benzene rings is 2. The van der Waals surface area contributed by atoms with E-state index in [-0.39, 0.29) is 23.9 Å². The average molecular weight is 509 g/mol. The van der Waals surface area contributed by atoms with E-state index in [9.17, 15) is 19.2 Å². The van der Waals surface area contributed by atoms with Gasteiger partial charge < -0.3 is 24.2 Å². The van der Waals surface area contributed by atoms with Crippen molar-refractivity contribution in [3.8, 4) is 11.8 Å². The fraction of sp³-hybridized carbons (Fsp3) is 0.269. The number of thioether (sulfide) groups is 1. The lowest BCUT2D eigenvalue weighted by atomic mass is 10.1. The predicted octanol–water partition coefficient (Wildman–Crippen LogP) is 3.44. The van der Waals surface area contributed by atoms with E-state index in [0.717, 1.165) is 11.3 Å². The lowest BCUT2D eigenvalue weighted by Crippen LogP contribution is -2.51. The van der Waals surface area contributed by atoms with Gasteiger partial charge in [-0.05, 0) is 36.4 Å². The number of halogens is 1. The number of nitriles is 1. The summed E-state index contributed by atoms with van der Waals surface area (Å²) in [7, 11) is 3.04. The number of amides is 2. The molecule has 2 heterocycles. The van der Waals surface area contributed by atoms with Crippen LogP contribution in [0.4, 0.5) is 10.1 Å². The lowest BCUT2D eigenvalue weighted by Gasteiger charge is -2.35. The number of carbonyl (C=O) groups is 2. The van der Waals surface area contributed by atoms with Crippen LogP contribution in [0, 0.1) is 17.1 Å². The first-order valence-corrected chi connectivity index (χ1v) is 12.1. The van der Waals surface area contributed by atoms with E-state index in [2.05, 4.69) is 6.07 Å². The van der Waals surface area contributed by atoms with E-state index in [1.807, 2.05) is 29.7 Å². The monoisotopic (exact) mass is 508 g/mol. The third-order valence-electron chi connectivity index (χ3n) is 5.90. The van der Waals surface area contributed by atoms with Crippen LogP contribution in [-0.4, -0.2) is 68.6 Å². The zero-order chi connectivity index (χ0) is 25.7. The Kier molecular flexibility index (Phi) is 7.93. The molecule has 0 bridgehead atoms. The third kappa shape index (κ3) is 5.22. The van der Waals surface area contributed by atoms with Gasteiger partial charge in [-0.2, -0.15) is 5.26 Å². The van der Waals surface area contributed by atoms with Crippen LogP contribution in [0.1, 0.15) is 5.56 Å². The van der Waals surface area contributed by atoms with Crippen molar-refractivity contribution in [3.05, 3.63) is 75.9 Å². The highest BCUT2D eigenvalue weighted by Crippen LogP contribution is 2.45. The summed E-state index contributed by atoms with van der Waals surface area (Å²) in [6, 6.07) is 15.4. The molecule has 2 aliphatic heterocycles. The van der Waals surface area contributed by atoms with Gasteiger partial charge in [-0.15, -0.1) is 0 Å². The summed E-state index contributed by atoms with van der Waals surface area (Å²) in [6.45, 7) is 1.34. The Bertz CT molecular complexity index is 1250. The number of hydrogen-bond acceptors (Lipinski definition) is 7. The van der Waals surface area contributed by atoms with E-state index in [4.69, 9.17) is 9.47 Å². The maximum Gasteiger partial charge on any atom is 0.267 e. The molecule has 2 aromatic rings. The maximum atomic E-state index is 13.7. The fourth-order valence-electron chi connectivity index (χ4n) is 4.04. The third-order valence-corrected chi connectivity index (χ3v) is 6.85. The lowest BCUT2D eigenvalue weighted by molar-refractivity contribution is -0.140. The number of carbonyl (C=O) groups excluding carboxylic acids is 2. The van der Waals surface area contributed by atoms with Gasteiger partial charge in [-0.1, -0.05) is 23.9 Å². The quantitative estimate of drug-likeness (QED) is 0.437. The molecule has 1 fully saturated rings. The summed E-state index contributed by atoms with van der Waals surface area (Å²) in [5.74, 6) is -0.274. The van der Waals surface area contributed by atoms with Crippen LogP contribution >= 0.6 is 11.8 Å². The molecule has 186 valence electrons. The Morgan fingerprint density at radius 3 is 2.39 bits per heavy atom. The summed E-state index contributed by atoms with van der Waals surface area (Å²) in [5.41, 5.74) is 2.14. The van der Waals surface area contributed by atoms with Gasteiger partial charge >= 0.3 is 0 Å². The zero-order valence-corrected chi connectivity index (χ0v) is 20.8. The summed E-state index contributed by atoms with van der Waals surface area (Å²) >= 11 is 1.26. The molecule has 10 heteroatoms. The number of ether oxygens (including phenoxy) is 2. The summed E-state index contributed by atoms with van der Waals surface area (Å²) in [5, 5.41) is 12.4. The minimum Gasteiger partial charge on any atom is -0.497 e. The highest BCUT2D eigenvalue weighted by molar-refractivity contribution is 8.06. The van der Waals surface area contributed by atoms with Crippen LogP contribution in [0.25, 0.3) is 5.70 Å². The van der Waals surface area contributed by atoms with Crippen LogP contribution in [0.5, 0.6) is 5.75 Å². The number of methoxy groups -OCH3 is 2. The minimum absolute atomic E-state index is 0.0105. The molecular weight excluding hydrogens is 483 g/mol. The van der Waals surface area contributed by atoms with E-state index in [1.54, 1.807) is 33.9 Å². The first-order chi connectivity index (χ1) is 17.5. The second-order valence-corrected chi connectivity index (χ2v) is 8.92. The van der Waals surface area contributed by atoms with Crippen LogP contribution in [-0.2, 0) is 14.3 Å². The van der Waals surface area contributed by atoms with E-state index >= 15 is 0 Å². The normalized spacial score (nSPS) is 16.9. The SMILES string of the molecule is COCC(=O)N1CCN(C(=O)/C(C#N)=C2\SC=C(c3cccc(OC)c3)N2c2ccc(F)cc2)CC1. The van der Waals surface area contributed by atoms with Crippen molar-refractivity contribution >= 4 is 35.0 Å². The summed E-state index contributed by atoms with van der Waals surface area (Å²) in [6.07, 6.45) is 0. The summed E-state index contributed by atoms with van der Waals surface area (Å²) in [4.78, 5) is 30.6. The minimum atomic E-state index is -0.411. The molecule has 8 nitrogen and oxygen atoms in total. The second-order valence-electron chi connectivity index (χ2n) is 8.06. The van der Waals surface area contributed by atoms with Crippen molar-refractivity contribution in [2.75, 3.05) is 51.9 Å². The van der Waals surface area contributed by atoms with E-state index in [0.29, 0.717) is 42.6 Å². The number of hydrogen-bond donors (Lipinski definition) is 0. The van der Waals surface area contributed by atoms with E-state index < -0.39 is 5.91 Å². The van der Waals surface area contributed by atoms with Crippen molar-refractivity contribution in [2.24, 2.45) is 0 Å². The predicted molar refractivity (Wildman–Crippen MR) is 135 cm³/mol. The second kappa shape index (κ2) is 11.3. The molecule has 36 heavy (non-hydrogen) atoms. The zero-order valence-electron chi connectivity index (χ0n) is 19.9. The van der Waals surface area contributed by atoms with Crippen molar-refractivity contribution in [3.63, 3.8) is 0 Å². The van der Waals surface area contributed by atoms with Crippen LogP contribution in [0.2, 0.25) is 0 Å². The van der Waals surface area contributed by atoms with Gasteiger partial charge in [0.05, 0.1) is 12.8 Å². The van der Waals surface area contributed by atoms with Gasteiger partial charge in [0.25, 0.3) is 5.91 Å². The van der Waals surface area contributed by atoms with Gasteiger partial charge in [0, 0.05) is 49.9 Å². The molecule has 0 aromatic heterocycles. The molecule has 0 aliphatic carbocycles. The Balaban J connectivity index is 1.66. The molecule has 0 saturated carbocycles. The van der Waals surface area contributed by atoms with Gasteiger partial charge in [0.2, 0.25) is 5.91 Å². The first-order valence-electron chi connectivity index (χ1n) is 11.2. The molecule has 0 spiro atoms. The highest BCUT2D eigenvalue weighted by atomic mass is 32.2. The highest BCUT2D eigenvalue weighted by Gasteiger charge is 2.33. The van der Waals surface area contributed by atoms with Crippen molar-refractivity contribution in [1.82, 2.24) is 9.80 Å². The van der Waals surface area contributed by atoms with Gasteiger partial charge in [0.1, 0.15) is 34.8 Å². The standard InChI is InChI=1S/C26H25FN4O4S/c1-34-16-24(32)29-10-12-30(13-11-29)25(33)22(15-28)26-31(20-8-6-19(27)7-9-20)23(17-36-26)18-4-3-5-21(14-18)35-2/h3-9,14,17H,10-13,16H2,1-2H3/b26-22-. The number of piperazine rings is 1. The molecule has 0 atom stereocenters. The Labute approximate surface area is 213 Å². The molecule has 2 amide bonds. The van der Waals surface area contributed by atoms with Crippen LogP contribution < -0.4 is 9.64 Å². The molecular formula is C26H25FN4O4S. The molecule has 0 radical (unpaired) electrons. The Hall–Kier alpha value is -3.81. The van der Waals surface area contributed by atoms with E-state index in [1.165, 1.54) is 31.0 Å². The largest absolute Gasteiger partial charge is 0.497 e. The van der Waals surface area contributed by atoms with Crippen LogP contribution in [0.15, 0.2) is 64.5 Å². The molecule has 2 aliphatic rings. The van der Waals surface area contributed by atoms with Crippen molar-refractivity contribution in [2.45, 2.75) is 0 Å². The number of nitrogens with zero attached hydrogens (tertiary/aromatic N) is 4. The maximum absolute atomic E-state index is 13.7. The molecule has 0 N–H and O–H groups in total. The average Bonchev–Trinajstić information content (AvgIpc) is 3.34. The Morgan fingerprint density at radius 2 is 1.75 bits per heavy atom. The van der Waals surface area contributed by atoms with Crippen LogP contribution in [0.3, 0.4) is 0 Å². The number of anilines is 1. The molecule has 4 rings (SSSR count). The van der Waals surface area contributed by atoms with Gasteiger partial charge in [0.15, 0.2) is 0 Å². The first kappa shape index (κ1) is 25.3. The molecule has 1 saturated heterocycles. The van der Waals surface area contributed by atoms with Crippen molar-refractivity contribution in [1.29, 1.82) is 5.26 Å². The summed E-state index contributed by atoms with van der Waals surface area (Å²) < 4.78 is 24.0. The molecule has 0 unspecified atom stereocenters. The van der Waals surface area contributed by atoms with Crippen molar-refractivity contribution < 1.29 is 23.5 Å². The molecule has 2 aromatic carbocycles. The Morgan fingerprint density at radius 1 is 1.06 bits per heavy atom. The topological polar surface area (TPSA) is 86.1 Å². The van der Waals surface area contributed by atoms with Gasteiger partial charge in [-0.25, -0.2) is 4.39 Å².